The minimum atomic E-state index is -1.28. The SMILES string of the molecule is Cc1cc(Cl)cc(-c2ccc(F)c(C(=O)O)c2)c1. The Bertz CT molecular complexity index is 603. The van der Waals surface area contributed by atoms with E-state index in [2.05, 4.69) is 0 Å². The molecule has 0 aromatic heterocycles. The maximum Gasteiger partial charge on any atom is 0.338 e. The van der Waals surface area contributed by atoms with Crippen LogP contribution in [0.3, 0.4) is 0 Å². The fraction of sp³-hybridized carbons (Fsp3) is 0.0714. The van der Waals surface area contributed by atoms with Gasteiger partial charge in [0.2, 0.25) is 0 Å². The van der Waals surface area contributed by atoms with Gasteiger partial charge >= 0.3 is 5.97 Å². The predicted octanol–water partition coefficient (Wildman–Crippen LogP) is 4.15. The fourth-order valence-corrected chi connectivity index (χ4v) is 2.06. The van der Waals surface area contributed by atoms with Gasteiger partial charge < -0.3 is 5.11 Å². The van der Waals surface area contributed by atoms with Crippen LogP contribution in [-0.4, -0.2) is 11.1 Å². The van der Waals surface area contributed by atoms with Gasteiger partial charge in [-0.3, -0.25) is 0 Å². The van der Waals surface area contributed by atoms with Crippen molar-refractivity contribution in [2.45, 2.75) is 6.92 Å². The van der Waals surface area contributed by atoms with Crippen LogP contribution in [0, 0.1) is 12.7 Å². The van der Waals surface area contributed by atoms with E-state index in [1.165, 1.54) is 12.1 Å². The van der Waals surface area contributed by atoms with E-state index in [1.807, 2.05) is 13.0 Å². The Kier molecular flexibility index (Phi) is 3.34. The fourth-order valence-electron chi connectivity index (χ4n) is 1.77. The molecule has 0 atom stereocenters. The van der Waals surface area contributed by atoms with Crippen LogP contribution in [0.2, 0.25) is 5.02 Å². The summed E-state index contributed by atoms with van der Waals surface area (Å²) in [6, 6.07) is 9.37. The van der Waals surface area contributed by atoms with E-state index in [0.29, 0.717) is 10.6 Å². The van der Waals surface area contributed by atoms with Gasteiger partial charge in [-0.15, -0.1) is 0 Å². The third-order valence-corrected chi connectivity index (χ3v) is 2.79. The third kappa shape index (κ3) is 2.51. The minimum absolute atomic E-state index is 0.342. The molecule has 0 fully saturated rings. The molecule has 0 saturated carbocycles. The van der Waals surface area contributed by atoms with Crippen LogP contribution in [-0.2, 0) is 0 Å². The molecule has 0 radical (unpaired) electrons. The summed E-state index contributed by atoms with van der Waals surface area (Å²) in [6.45, 7) is 1.89. The molecule has 0 amide bonds. The van der Waals surface area contributed by atoms with Gasteiger partial charge in [-0.1, -0.05) is 23.7 Å². The Morgan fingerprint density at radius 3 is 2.50 bits per heavy atom. The summed E-state index contributed by atoms with van der Waals surface area (Å²) in [5, 5.41) is 9.44. The first kappa shape index (κ1) is 12.6. The standard InChI is InChI=1S/C14H10ClFO2/c1-8-4-10(6-11(15)5-8)9-2-3-13(16)12(7-9)14(17)18/h2-7H,1H3,(H,17,18). The Labute approximate surface area is 109 Å². The van der Waals surface area contributed by atoms with E-state index < -0.39 is 11.8 Å². The highest BCUT2D eigenvalue weighted by Crippen LogP contribution is 2.26. The number of carboxylic acids is 1. The summed E-state index contributed by atoms with van der Waals surface area (Å²) in [6.07, 6.45) is 0. The van der Waals surface area contributed by atoms with Gasteiger partial charge in [0.05, 0.1) is 5.56 Å². The molecule has 2 aromatic rings. The summed E-state index contributed by atoms with van der Waals surface area (Å²) in [5.41, 5.74) is 2.01. The van der Waals surface area contributed by atoms with Crippen LogP contribution >= 0.6 is 11.6 Å². The smallest absolute Gasteiger partial charge is 0.338 e. The van der Waals surface area contributed by atoms with Crippen LogP contribution in [0.4, 0.5) is 4.39 Å². The molecule has 18 heavy (non-hydrogen) atoms. The van der Waals surface area contributed by atoms with Crippen molar-refractivity contribution in [1.82, 2.24) is 0 Å². The maximum atomic E-state index is 13.3. The second-order valence-corrected chi connectivity index (χ2v) is 4.45. The highest BCUT2D eigenvalue weighted by molar-refractivity contribution is 6.31. The van der Waals surface area contributed by atoms with E-state index >= 15 is 0 Å². The van der Waals surface area contributed by atoms with E-state index in [1.54, 1.807) is 12.1 Å². The predicted molar refractivity (Wildman–Crippen MR) is 68.5 cm³/mol. The number of carbonyl (C=O) groups is 1. The van der Waals surface area contributed by atoms with Crippen molar-refractivity contribution >= 4 is 17.6 Å². The number of hydrogen-bond acceptors (Lipinski definition) is 1. The molecule has 2 rings (SSSR count). The number of halogens is 2. The maximum absolute atomic E-state index is 13.3. The largest absolute Gasteiger partial charge is 0.478 e. The summed E-state index contributed by atoms with van der Waals surface area (Å²) < 4.78 is 13.3. The van der Waals surface area contributed by atoms with Gasteiger partial charge in [0.15, 0.2) is 0 Å². The van der Waals surface area contributed by atoms with Crippen molar-refractivity contribution in [3.05, 3.63) is 58.4 Å². The lowest BCUT2D eigenvalue weighted by atomic mass is 10.0. The number of benzene rings is 2. The zero-order valence-electron chi connectivity index (χ0n) is 9.58. The lowest BCUT2D eigenvalue weighted by molar-refractivity contribution is 0.0692. The normalized spacial score (nSPS) is 10.4. The molecule has 0 heterocycles. The third-order valence-electron chi connectivity index (χ3n) is 2.57. The summed E-state index contributed by atoms with van der Waals surface area (Å²) in [7, 11) is 0. The monoisotopic (exact) mass is 264 g/mol. The highest BCUT2D eigenvalue weighted by atomic mass is 35.5. The van der Waals surface area contributed by atoms with Crippen LogP contribution < -0.4 is 0 Å². The van der Waals surface area contributed by atoms with E-state index in [-0.39, 0.29) is 5.56 Å². The molecular weight excluding hydrogens is 255 g/mol. The van der Waals surface area contributed by atoms with Gasteiger partial charge in [0.1, 0.15) is 5.82 Å². The van der Waals surface area contributed by atoms with E-state index in [9.17, 15) is 9.18 Å². The molecule has 0 aliphatic carbocycles. The number of rotatable bonds is 2. The van der Waals surface area contributed by atoms with Crippen molar-refractivity contribution in [1.29, 1.82) is 0 Å². The minimum Gasteiger partial charge on any atom is -0.478 e. The zero-order chi connectivity index (χ0) is 13.3. The summed E-state index contributed by atoms with van der Waals surface area (Å²) in [5.74, 6) is -2.03. The van der Waals surface area contributed by atoms with Gasteiger partial charge in [-0.25, -0.2) is 9.18 Å². The second kappa shape index (κ2) is 4.78. The van der Waals surface area contributed by atoms with Gasteiger partial charge in [0.25, 0.3) is 0 Å². The molecule has 1 N–H and O–H groups in total. The van der Waals surface area contributed by atoms with Crippen LogP contribution in [0.1, 0.15) is 15.9 Å². The second-order valence-electron chi connectivity index (χ2n) is 4.02. The molecule has 0 aliphatic rings. The van der Waals surface area contributed by atoms with E-state index in [4.69, 9.17) is 16.7 Å². The first-order valence-electron chi connectivity index (χ1n) is 5.28. The van der Waals surface area contributed by atoms with Crippen molar-refractivity contribution in [2.24, 2.45) is 0 Å². The summed E-state index contributed by atoms with van der Waals surface area (Å²) >= 11 is 5.94. The van der Waals surface area contributed by atoms with Crippen LogP contribution in [0.25, 0.3) is 11.1 Å². The molecule has 2 nitrogen and oxygen atoms in total. The first-order chi connectivity index (χ1) is 8.47. The molecule has 0 bridgehead atoms. The van der Waals surface area contributed by atoms with Crippen molar-refractivity contribution in [3.63, 3.8) is 0 Å². The molecule has 92 valence electrons. The Morgan fingerprint density at radius 2 is 1.89 bits per heavy atom. The van der Waals surface area contributed by atoms with Crippen LogP contribution in [0.5, 0.6) is 0 Å². The van der Waals surface area contributed by atoms with Crippen LogP contribution in [0.15, 0.2) is 36.4 Å². The molecule has 0 spiro atoms. The first-order valence-corrected chi connectivity index (χ1v) is 5.65. The van der Waals surface area contributed by atoms with Crippen molar-refractivity contribution < 1.29 is 14.3 Å². The van der Waals surface area contributed by atoms with Gasteiger partial charge in [0, 0.05) is 5.02 Å². The molecular formula is C14H10ClFO2. The van der Waals surface area contributed by atoms with Gasteiger partial charge in [-0.05, 0) is 47.9 Å². The Hall–Kier alpha value is -1.87. The topological polar surface area (TPSA) is 37.3 Å². The lowest BCUT2D eigenvalue weighted by Crippen LogP contribution is -2.00. The Balaban J connectivity index is 2.57. The molecule has 4 heteroatoms. The summed E-state index contributed by atoms with van der Waals surface area (Å²) in [4.78, 5) is 10.9. The van der Waals surface area contributed by atoms with Crippen molar-refractivity contribution in [3.8, 4) is 11.1 Å². The molecule has 0 unspecified atom stereocenters. The number of aryl methyl sites for hydroxylation is 1. The number of carboxylic acid groups (broad SMARTS) is 1. The average Bonchev–Trinajstić information content (AvgIpc) is 2.27. The molecule has 2 aromatic carbocycles. The van der Waals surface area contributed by atoms with Gasteiger partial charge in [-0.2, -0.15) is 0 Å². The quantitative estimate of drug-likeness (QED) is 0.885. The zero-order valence-corrected chi connectivity index (χ0v) is 10.3. The lowest BCUT2D eigenvalue weighted by Gasteiger charge is -2.06. The van der Waals surface area contributed by atoms with E-state index in [0.717, 1.165) is 17.2 Å². The number of hydrogen-bond donors (Lipinski definition) is 1. The average molecular weight is 265 g/mol. The molecule has 0 aliphatic heterocycles. The Morgan fingerprint density at radius 1 is 1.17 bits per heavy atom. The highest BCUT2D eigenvalue weighted by Gasteiger charge is 2.11. The van der Waals surface area contributed by atoms with Crippen molar-refractivity contribution in [2.75, 3.05) is 0 Å². The number of aromatic carboxylic acids is 1. The molecule has 0 saturated heterocycles.